The van der Waals surface area contributed by atoms with Gasteiger partial charge in [0, 0.05) is 24.8 Å². The molecule has 1 aliphatic heterocycles. The van der Waals surface area contributed by atoms with Gasteiger partial charge in [0.2, 0.25) is 0 Å². The molecule has 1 saturated heterocycles. The van der Waals surface area contributed by atoms with Crippen molar-refractivity contribution >= 4 is 23.3 Å². The maximum atomic E-state index is 13.0. The number of anilines is 2. The Balaban J connectivity index is 1.64. The number of halogens is 3. The number of nitrogens with one attached hydrogen (secondary N) is 2. The molecule has 0 aromatic carbocycles. The normalized spacial score (nSPS) is 23.0. The number of pyridine rings is 1. The number of nitrogens with zero attached hydrogens (tertiary/aromatic N) is 3. The molecule has 196 valence electrons. The molecule has 3 rings (SSSR count). The lowest BCUT2D eigenvalue weighted by molar-refractivity contribution is -0.384. The highest BCUT2D eigenvalue weighted by Crippen LogP contribution is 2.32. The first-order valence-corrected chi connectivity index (χ1v) is 11.6. The maximum absolute atomic E-state index is 13.0. The fraction of sp³-hybridized carbons (Fsp3) is 0.727. The number of alkyl halides is 3. The number of carbonyl (C=O) groups excluding carboxylic acids is 1. The summed E-state index contributed by atoms with van der Waals surface area (Å²) < 4.78 is 48.9. The van der Waals surface area contributed by atoms with Gasteiger partial charge in [-0.2, -0.15) is 13.2 Å². The van der Waals surface area contributed by atoms with Crippen LogP contribution < -0.4 is 10.6 Å². The summed E-state index contributed by atoms with van der Waals surface area (Å²) in [6.07, 6.45) is -0.438. The first-order valence-electron chi connectivity index (χ1n) is 11.6. The van der Waals surface area contributed by atoms with Gasteiger partial charge >= 0.3 is 18.0 Å². The van der Waals surface area contributed by atoms with Gasteiger partial charge in [-0.25, -0.2) is 9.78 Å². The zero-order chi connectivity index (χ0) is 25.8. The van der Waals surface area contributed by atoms with E-state index >= 15 is 0 Å². The molecule has 2 aliphatic rings. The quantitative estimate of drug-likeness (QED) is 0.406. The zero-order valence-corrected chi connectivity index (χ0v) is 20.1. The van der Waals surface area contributed by atoms with E-state index in [1.807, 2.05) is 20.8 Å². The first-order chi connectivity index (χ1) is 16.3. The molecule has 2 fully saturated rings. The van der Waals surface area contributed by atoms with E-state index in [0.29, 0.717) is 38.9 Å². The number of nitro groups is 1. The fourth-order valence-electron chi connectivity index (χ4n) is 4.37. The summed E-state index contributed by atoms with van der Waals surface area (Å²) in [5.41, 5.74) is -1.40. The summed E-state index contributed by atoms with van der Waals surface area (Å²) in [5, 5.41) is 16.4. The molecule has 13 heteroatoms. The van der Waals surface area contributed by atoms with Crippen LogP contribution in [0.25, 0.3) is 0 Å². The fourth-order valence-corrected chi connectivity index (χ4v) is 4.37. The predicted molar refractivity (Wildman–Crippen MR) is 122 cm³/mol. The minimum Gasteiger partial charge on any atom is -0.444 e. The van der Waals surface area contributed by atoms with E-state index in [1.165, 1.54) is 6.07 Å². The van der Waals surface area contributed by atoms with Crippen LogP contribution >= 0.6 is 0 Å². The number of amides is 1. The Morgan fingerprint density at radius 2 is 1.91 bits per heavy atom. The van der Waals surface area contributed by atoms with Crippen molar-refractivity contribution in [1.82, 2.24) is 9.88 Å². The molecule has 1 aromatic rings. The molecule has 1 aliphatic carbocycles. The Hall–Kier alpha value is -2.83. The van der Waals surface area contributed by atoms with Crippen LogP contribution in [0.3, 0.4) is 0 Å². The zero-order valence-electron chi connectivity index (χ0n) is 20.1. The Morgan fingerprint density at radius 3 is 2.46 bits per heavy atom. The first kappa shape index (κ1) is 26.8. The molecule has 0 radical (unpaired) electrons. The summed E-state index contributed by atoms with van der Waals surface area (Å²) in [4.78, 5) is 29.2. The molecular formula is C22H32F3N5O5. The van der Waals surface area contributed by atoms with Crippen molar-refractivity contribution in [2.75, 3.05) is 30.4 Å². The van der Waals surface area contributed by atoms with Crippen LogP contribution in [0, 0.1) is 10.1 Å². The SMILES string of the molecule is CC(C)(C)OC(=O)N(C1CCC(Nc2cc(NCC(F)(F)F)c([N+](=O)[O-])cn2)CC1)[C@H]1CCOC1. The van der Waals surface area contributed by atoms with Crippen LogP contribution in [-0.4, -0.2) is 70.6 Å². The van der Waals surface area contributed by atoms with Gasteiger partial charge in [0.1, 0.15) is 29.8 Å². The summed E-state index contributed by atoms with van der Waals surface area (Å²) in [7, 11) is 0. The average molecular weight is 504 g/mol. The van der Waals surface area contributed by atoms with Gasteiger partial charge in [-0.05, 0) is 52.9 Å². The topological polar surface area (TPSA) is 119 Å². The van der Waals surface area contributed by atoms with E-state index in [1.54, 1.807) is 4.90 Å². The van der Waals surface area contributed by atoms with E-state index in [9.17, 15) is 28.1 Å². The molecule has 35 heavy (non-hydrogen) atoms. The molecule has 0 bridgehead atoms. The van der Waals surface area contributed by atoms with Crippen LogP contribution in [0.1, 0.15) is 52.9 Å². The average Bonchev–Trinajstić information content (AvgIpc) is 3.26. The second-order valence-electron chi connectivity index (χ2n) is 9.87. The van der Waals surface area contributed by atoms with Gasteiger partial charge in [-0.15, -0.1) is 0 Å². The lowest BCUT2D eigenvalue weighted by Gasteiger charge is -2.40. The van der Waals surface area contributed by atoms with E-state index in [4.69, 9.17) is 9.47 Å². The minimum atomic E-state index is -4.52. The van der Waals surface area contributed by atoms with E-state index < -0.39 is 28.9 Å². The predicted octanol–water partition coefficient (Wildman–Crippen LogP) is 4.71. The molecule has 10 nitrogen and oxygen atoms in total. The van der Waals surface area contributed by atoms with Gasteiger partial charge in [0.15, 0.2) is 0 Å². The second kappa shape index (κ2) is 10.8. The van der Waals surface area contributed by atoms with E-state index in [-0.39, 0.29) is 35.7 Å². The Kier molecular flexibility index (Phi) is 8.29. The summed E-state index contributed by atoms with van der Waals surface area (Å²) in [6, 6.07) is 1.11. The smallest absolute Gasteiger partial charge is 0.410 e. The van der Waals surface area contributed by atoms with Gasteiger partial charge in [-0.3, -0.25) is 15.0 Å². The van der Waals surface area contributed by atoms with Gasteiger partial charge < -0.3 is 20.1 Å². The third kappa shape index (κ3) is 7.84. The maximum Gasteiger partial charge on any atom is 0.410 e. The third-order valence-electron chi connectivity index (χ3n) is 5.90. The molecule has 1 amide bonds. The summed E-state index contributed by atoms with van der Waals surface area (Å²) in [5.74, 6) is 0.247. The summed E-state index contributed by atoms with van der Waals surface area (Å²) in [6.45, 7) is 5.14. The van der Waals surface area contributed by atoms with E-state index in [0.717, 1.165) is 12.6 Å². The van der Waals surface area contributed by atoms with Crippen molar-refractivity contribution in [3.8, 4) is 0 Å². The Labute approximate surface area is 201 Å². The number of carbonyl (C=O) groups is 1. The van der Waals surface area contributed by atoms with Crippen molar-refractivity contribution in [3.63, 3.8) is 0 Å². The Bertz CT molecular complexity index is 894. The number of hydrogen-bond donors (Lipinski definition) is 2. The van der Waals surface area contributed by atoms with E-state index in [2.05, 4.69) is 15.6 Å². The molecule has 1 atom stereocenters. The van der Waals surface area contributed by atoms with Crippen LogP contribution in [0.5, 0.6) is 0 Å². The van der Waals surface area contributed by atoms with Crippen LogP contribution in [0.4, 0.5) is 35.2 Å². The molecule has 1 aromatic heterocycles. The highest BCUT2D eigenvalue weighted by molar-refractivity contribution is 5.69. The third-order valence-corrected chi connectivity index (χ3v) is 5.90. The summed E-state index contributed by atoms with van der Waals surface area (Å²) >= 11 is 0. The standard InChI is InChI=1S/C22H32F3N5O5/c1-21(2,3)35-20(31)29(16-8-9-34-12-16)15-6-4-14(5-7-15)28-19-10-17(27-13-22(23,24)25)18(11-26-19)30(32)33/h10-11,14-16H,4-9,12-13H2,1-3H3,(H2,26,27,28)/t14?,15?,16-/m0/s1. The van der Waals surface area contributed by atoms with Crippen molar-refractivity contribution in [2.24, 2.45) is 0 Å². The molecule has 1 saturated carbocycles. The van der Waals surface area contributed by atoms with Crippen LogP contribution in [0.2, 0.25) is 0 Å². The van der Waals surface area contributed by atoms with Gasteiger partial charge in [-0.1, -0.05) is 0 Å². The minimum absolute atomic E-state index is 0.0246. The molecular weight excluding hydrogens is 471 g/mol. The molecule has 0 unspecified atom stereocenters. The van der Waals surface area contributed by atoms with Crippen LogP contribution in [0.15, 0.2) is 12.3 Å². The largest absolute Gasteiger partial charge is 0.444 e. The lowest BCUT2D eigenvalue weighted by atomic mass is 9.89. The Morgan fingerprint density at radius 1 is 1.23 bits per heavy atom. The number of hydrogen-bond acceptors (Lipinski definition) is 8. The molecule has 0 spiro atoms. The van der Waals surface area contributed by atoms with Gasteiger partial charge in [0.05, 0.1) is 17.6 Å². The monoisotopic (exact) mass is 503 g/mol. The van der Waals surface area contributed by atoms with Crippen molar-refractivity contribution < 1.29 is 32.4 Å². The number of aromatic nitrogens is 1. The van der Waals surface area contributed by atoms with Crippen LogP contribution in [-0.2, 0) is 9.47 Å². The van der Waals surface area contributed by atoms with Crippen molar-refractivity contribution in [2.45, 2.75) is 82.8 Å². The van der Waals surface area contributed by atoms with Gasteiger partial charge in [0.25, 0.3) is 0 Å². The highest BCUT2D eigenvalue weighted by atomic mass is 19.4. The second-order valence-corrected chi connectivity index (χ2v) is 9.87. The molecule has 2 heterocycles. The number of ether oxygens (including phenoxy) is 2. The molecule has 2 N–H and O–H groups in total. The highest BCUT2D eigenvalue weighted by Gasteiger charge is 2.38. The van der Waals surface area contributed by atoms with Crippen molar-refractivity contribution in [3.05, 3.63) is 22.4 Å². The van der Waals surface area contributed by atoms with Crippen molar-refractivity contribution in [1.29, 1.82) is 0 Å². The lowest BCUT2D eigenvalue weighted by Crippen LogP contribution is -2.51. The number of rotatable bonds is 7.